The maximum Gasteiger partial charge on any atom is 0.296 e. The fourth-order valence-corrected chi connectivity index (χ4v) is 8.87. The second-order valence-electron chi connectivity index (χ2n) is 12.1. The lowest BCUT2D eigenvalue weighted by atomic mass is 9.52. The first kappa shape index (κ1) is 29.5. The Kier molecular flexibility index (Phi) is 9.22. The molecular weight excluding hydrogens is 528 g/mol. The summed E-state index contributed by atoms with van der Waals surface area (Å²) in [5, 5.41) is 0. The SMILES string of the molecule is COCOc1ccc2c(c1)C[C@@H](CCCOS(=O)(=O)c1ccc(C)cc1)[C@@H]1[C@@H]2CC[C@]2(C)[C@@H](OCOC)CC[C@@H]12. The predicted octanol–water partition coefficient (Wildman–Crippen LogP) is 6.23. The van der Waals surface area contributed by atoms with Gasteiger partial charge in [0.1, 0.15) is 12.5 Å². The Labute approximate surface area is 239 Å². The van der Waals surface area contributed by atoms with E-state index in [1.54, 1.807) is 38.5 Å². The van der Waals surface area contributed by atoms with Crippen molar-refractivity contribution in [3.05, 3.63) is 59.2 Å². The van der Waals surface area contributed by atoms with Crippen LogP contribution in [0.3, 0.4) is 0 Å². The molecule has 3 aliphatic carbocycles. The molecule has 0 heterocycles. The van der Waals surface area contributed by atoms with E-state index in [0.717, 1.165) is 49.8 Å². The van der Waals surface area contributed by atoms with Crippen molar-refractivity contribution in [3.8, 4) is 5.75 Å². The number of rotatable bonds is 12. The molecule has 2 fully saturated rings. The quantitative estimate of drug-likeness (QED) is 0.169. The molecular formula is C32H44O7S. The molecule has 2 saturated carbocycles. The zero-order valence-corrected chi connectivity index (χ0v) is 25.1. The summed E-state index contributed by atoms with van der Waals surface area (Å²) >= 11 is 0. The monoisotopic (exact) mass is 572 g/mol. The molecule has 2 aromatic carbocycles. The van der Waals surface area contributed by atoms with Gasteiger partial charge >= 0.3 is 0 Å². The summed E-state index contributed by atoms with van der Waals surface area (Å²) < 4.78 is 53.4. The molecule has 6 atom stereocenters. The number of benzene rings is 2. The average molecular weight is 573 g/mol. The van der Waals surface area contributed by atoms with Gasteiger partial charge in [0, 0.05) is 14.2 Å². The second-order valence-corrected chi connectivity index (χ2v) is 13.7. The molecule has 0 amide bonds. The third kappa shape index (κ3) is 5.97. The maximum absolute atomic E-state index is 12.8. The van der Waals surface area contributed by atoms with Crippen LogP contribution < -0.4 is 4.74 Å². The number of ether oxygens (including phenoxy) is 4. The number of aryl methyl sites for hydroxylation is 1. The van der Waals surface area contributed by atoms with E-state index in [4.69, 9.17) is 23.1 Å². The molecule has 0 unspecified atom stereocenters. The first-order chi connectivity index (χ1) is 19.3. The summed E-state index contributed by atoms with van der Waals surface area (Å²) in [5.74, 6) is 2.85. The Hall–Kier alpha value is -1.97. The number of fused-ring (bicyclic) bond motifs is 5. The molecule has 3 aliphatic rings. The van der Waals surface area contributed by atoms with Gasteiger partial charge in [-0.2, -0.15) is 8.42 Å². The van der Waals surface area contributed by atoms with Crippen molar-refractivity contribution in [1.29, 1.82) is 0 Å². The molecule has 0 aromatic heterocycles. The van der Waals surface area contributed by atoms with Crippen LogP contribution in [0.2, 0.25) is 0 Å². The number of hydrogen-bond acceptors (Lipinski definition) is 7. The predicted molar refractivity (Wildman–Crippen MR) is 153 cm³/mol. The Bertz CT molecular complexity index is 1240. The summed E-state index contributed by atoms with van der Waals surface area (Å²) in [5.41, 5.74) is 3.94. The van der Waals surface area contributed by atoms with Gasteiger partial charge in [-0.1, -0.05) is 30.7 Å². The van der Waals surface area contributed by atoms with Crippen LogP contribution in [0, 0.1) is 30.1 Å². The highest BCUT2D eigenvalue weighted by molar-refractivity contribution is 7.86. The minimum atomic E-state index is -3.76. The van der Waals surface area contributed by atoms with Crippen molar-refractivity contribution in [2.75, 3.05) is 34.4 Å². The summed E-state index contributed by atoms with van der Waals surface area (Å²) in [6.45, 7) is 5.11. The second kappa shape index (κ2) is 12.5. The van der Waals surface area contributed by atoms with Crippen molar-refractivity contribution in [3.63, 3.8) is 0 Å². The van der Waals surface area contributed by atoms with Crippen molar-refractivity contribution in [2.24, 2.45) is 23.2 Å². The first-order valence-corrected chi connectivity index (χ1v) is 16.0. The highest BCUT2D eigenvalue weighted by Crippen LogP contribution is 2.63. The zero-order valence-electron chi connectivity index (χ0n) is 24.3. The molecule has 8 heteroatoms. The van der Waals surface area contributed by atoms with E-state index < -0.39 is 10.1 Å². The van der Waals surface area contributed by atoms with Gasteiger partial charge in [0.25, 0.3) is 10.1 Å². The van der Waals surface area contributed by atoms with E-state index in [-0.39, 0.29) is 29.8 Å². The summed E-state index contributed by atoms with van der Waals surface area (Å²) in [7, 11) is -0.448. The Morgan fingerprint density at radius 2 is 1.75 bits per heavy atom. The van der Waals surface area contributed by atoms with E-state index in [1.807, 2.05) is 6.92 Å². The van der Waals surface area contributed by atoms with Crippen molar-refractivity contribution in [1.82, 2.24) is 0 Å². The van der Waals surface area contributed by atoms with Crippen molar-refractivity contribution in [2.45, 2.75) is 75.7 Å². The van der Waals surface area contributed by atoms with Gasteiger partial charge in [0.2, 0.25) is 0 Å². The van der Waals surface area contributed by atoms with Crippen LogP contribution in [0.15, 0.2) is 47.4 Å². The normalized spacial score (nSPS) is 29.4. The molecule has 5 rings (SSSR count). The standard InChI is InChI=1S/C32H44O7S/c1-22-7-10-26(11-8-22)40(33,34)39-17-5-6-23-18-24-19-25(37-20-35-3)9-12-27(24)28-15-16-32(2)29(31(23)28)13-14-30(32)38-21-36-4/h7-12,19,23,28-31H,5-6,13-18,20-21H2,1-4H3/t23-,28-,29+,30+,31-,32+/m1/s1. The van der Waals surface area contributed by atoms with E-state index >= 15 is 0 Å². The molecule has 0 spiro atoms. The van der Waals surface area contributed by atoms with Crippen LogP contribution in [-0.4, -0.2) is 48.9 Å². The zero-order chi connectivity index (χ0) is 28.3. The molecule has 40 heavy (non-hydrogen) atoms. The minimum absolute atomic E-state index is 0.127. The molecule has 0 aliphatic heterocycles. The fraction of sp³-hybridized carbons (Fsp3) is 0.625. The third-order valence-corrected chi connectivity index (χ3v) is 11.1. The van der Waals surface area contributed by atoms with E-state index in [9.17, 15) is 8.42 Å². The fourth-order valence-electron chi connectivity index (χ4n) is 7.93. The van der Waals surface area contributed by atoms with Crippen LogP contribution in [0.25, 0.3) is 0 Å². The largest absolute Gasteiger partial charge is 0.468 e. The Morgan fingerprint density at radius 3 is 2.50 bits per heavy atom. The van der Waals surface area contributed by atoms with Crippen LogP contribution in [0.4, 0.5) is 0 Å². The Balaban J connectivity index is 1.34. The average Bonchev–Trinajstić information content (AvgIpc) is 3.28. The van der Waals surface area contributed by atoms with Crippen molar-refractivity contribution < 1.29 is 31.5 Å². The highest BCUT2D eigenvalue weighted by Gasteiger charge is 2.57. The summed E-state index contributed by atoms with van der Waals surface area (Å²) in [4.78, 5) is 0.212. The van der Waals surface area contributed by atoms with Crippen molar-refractivity contribution >= 4 is 10.1 Å². The highest BCUT2D eigenvalue weighted by atomic mass is 32.2. The van der Waals surface area contributed by atoms with Crippen LogP contribution in [-0.2, 0) is 34.9 Å². The molecule has 0 bridgehead atoms. The molecule has 0 N–H and O–H groups in total. The number of methoxy groups -OCH3 is 2. The van der Waals surface area contributed by atoms with Gasteiger partial charge in [-0.3, -0.25) is 4.18 Å². The lowest BCUT2D eigenvalue weighted by Gasteiger charge is -2.53. The lowest BCUT2D eigenvalue weighted by Crippen LogP contribution is -2.47. The van der Waals surface area contributed by atoms with Crippen LogP contribution in [0.1, 0.15) is 68.1 Å². The third-order valence-electron chi connectivity index (χ3n) is 9.78. The Morgan fingerprint density at radius 1 is 0.975 bits per heavy atom. The van der Waals surface area contributed by atoms with E-state index in [0.29, 0.717) is 36.9 Å². The molecule has 0 radical (unpaired) electrons. The molecule has 2 aromatic rings. The lowest BCUT2D eigenvalue weighted by molar-refractivity contribution is -0.128. The maximum atomic E-state index is 12.8. The van der Waals surface area contributed by atoms with E-state index in [2.05, 4.69) is 25.1 Å². The van der Waals surface area contributed by atoms with E-state index in [1.165, 1.54) is 11.1 Å². The van der Waals surface area contributed by atoms with Crippen LogP contribution in [0.5, 0.6) is 5.75 Å². The number of hydrogen-bond donors (Lipinski definition) is 0. The van der Waals surface area contributed by atoms with Gasteiger partial charge in [-0.15, -0.1) is 0 Å². The first-order valence-electron chi connectivity index (χ1n) is 14.6. The van der Waals surface area contributed by atoms with Crippen LogP contribution >= 0.6 is 0 Å². The van der Waals surface area contributed by atoms with Gasteiger partial charge in [0.05, 0.1) is 17.6 Å². The molecule has 220 valence electrons. The topological polar surface area (TPSA) is 80.3 Å². The van der Waals surface area contributed by atoms with Gasteiger partial charge in [-0.05, 0) is 116 Å². The van der Waals surface area contributed by atoms with Gasteiger partial charge < -0.3 is 18.9 Å². The molecule has 0 saturated heterocycles. The molecule has 7 nitrogen and oxygen atoms in total. The minimum Gasteiger partial charge on any atom is -0.468 e. The smallest absolute Gasteiger partial charge is 0.296 e. The summed E-state index contributed by atoms with van der Waals surface area (Å²) in [6, 6.07) is 13.3. The van der Waals surface area contributed by atoms with Gasteiger partial charge in [0.15, 0.2) is 6.79 Å². The van der Waals surface area contributed by atoms with Gasteiger partial charge in [-0.25, -0.2) is 0 Å². The summed E-state index contributed by atoms with van der Waals surface area (Å²) in [6.07, 6.45) is 7.28.